The molecule has 0 aromatic heterocycles. The predicted octanol–water partition coefficient (Wildman–Crippen LogP) is 1.29. The first kappa shape index (κ1) is 13.4. The molecule has 0 saturated carbocycles. The van der Waals surface area contributed by atoms with Crippen LogP contribution < -0.4 is 0 Å². The average molecular weight is 167 g/mol. The predicted molar refractivity (Wildman–Crippen MR) is 42.0 cm³/mol. The molecular formula is C7H12KO2. The van der Waals surface area contributed by atoms with E-state index in [0.29, 0.717) is 0 Å². The second kappa shape index (κ2) is 5.49. The van der Waals surface area contributed by atoms with Crippen LogP contribution in [0, 0.1) is 5.41 Å². The van der Waals surface area contributed by atoms with Crippen LogP contribution in [0.5, 0.6) is 0 Å². The summed E-state index contributed by atoms with van der Waals surface area (Å²) in [4.78, 5) is 10.8. The van der Waals surface area contributed by atoms with Gasteiger partial charge in [0.25, 0.3) is 0 Å². The zero-order valence-corrected chi connectivity index (χ0v) is 10.1. The molecule has 53 valence electrons. The summed E-state index contributed by atoms with van der Waals surface area (Å²) < 4.78 is 0. The Labute approximate surface area is 104 Å². The molecular weight excluding hydrogens is 155 g/mol. The van der Waals surface area contributed by atoms with Gasteiger partial charge in [-0.05, 0) is 0 Å². The fraction of sp³-hybridized carbons (Fsp3) is 0.571. The van der Waals surface area contributed by atoms with Gasteiger partial charge in [0.2, 0.25) is 0 Å². The molecule has 0 unspecified atom stereocenters. The smallest absolute Gasteiger partial charge is 0.164 e. The molecule has 0 aliphatic carbocycles. The summed E-state index contributed by atoms with van der Waals surface area (Å²) in [5.74, 6) is -0.0648. The van der Waals surface area contributed by atoms with Crippen LogP contribution in [0.4, 0.5) is 0 Å². The molecule has 2 nitrogen and oxygen atoms in total. The third-order valence-corrected chi connectivity index (χ3v) is 0.965. The van der Waals surface area contributed by atoms with E-state index < -0.39 is 0 Å². The van der Waals surface area contributed by atoms with Crippen LogP contribution in [-0.4, -0.2) is 62.3 Å². The number of hydrogen-bond acceptors (Lipinski definition) is 2. The van der Waals surface area contributed by atoms with E-state index in [1.165, 1.54) is 6.08 Å². The molecule has 0 bridgehead atoms. The van der Waals surface area contributed by atoms with Gasteiger partial charge in [-0.25, -0.2) is 0 Å². The van der Waals surface area contributed by atoms with Gasteiger partial charge in [-0.3, -0.25) is 4.79 Å². The van der Waals surface area contributed by atoms with Gasteiger partial charge in [0, 0.05) is 62.9 Å². The molecule has 0 atom stereocenters. The molecule has 0 aliphatic heterocycles. The summed E-state index contributed by atoms with van der Waals surface area (Å²) in [6.45, 7) is 5.40. The maximum Gasteiger partial charge on any atom is 0.164 e. The Morgan fingerprint density at radius 2 is 1.80 bits per heavy atom. The number of aliphatic hydroxyl groups excluding tert-OH is 1. The zero-order valence-electron chi connectivity index (χ0n) is 7.01. The number of carbonyl (C=O) groups excluding carboxylic acids is 1. The van der Waals surface area contributed by atoms with Gasteiger partial charge in [0.05, 0.1) is 6.26 Å². The van der Waals surface area contributed by atoms with E-state index in [1.807, 2.05) is 0 Å². The van der Waals surface area contributed by atoms with Gasteiger partial charge in [-0.2, -0.15) is 0 Å². The topological polar surface area (TPSA) is 37.3 Å². The molecule has 0 aliphatic rings. The normalized spacial score (nSPS) is 11.1. The van der Waals surface area contributed by atoms with Crippen LogP contribution in [-0.2, 0) is 4.79 Å². The summed E-state index contributed by atoms with van der Waals surface area (Å²) in [6, 6.07) is 0. The first-order valence-corrected chi connectivity index (χ1v) is 2.83. The minimum absolute atomic E-state index is 0. The SMILES string of the molecule is CC(C)(C)C(=O)C=CO.[K]. The molecule has 0 rings (SSSR count). The second-order valence-electron chi connectivity index (χ2n) is 2.93. The summed E-state index contributed by atoms with van der Waals surface area (Å²) in [5, 5.41) is 8.20. The number of hydrogen-bond donors (Lipinski definition) is 1. The zero-order chi connectivity index (χ0) is 7.49. The molecule has 3 heteroatoms. The molecule has 0 fully saturated rings. The van der Waals surface area contributed by atoms with Crippen molar-refractivity contribution in [3.8, 4) is 0 Å². The summed E-state index contributed by atoms with van der Waals surface area (Å²) in [6.07, 6.45) is 1.94. The van der Waals surface area contributed by atoms with E-state index in [1.54, 1.807) is 20.8 Å². The molecule has 1 radical (unpaired) electrons. The third-order valence-electron chi connectivity index (χ3n) is 0.965. The van der Waals surface area contributed by atoms with Crippen molar-refractivity contribution in [2.45, 2.75) is 20.8 Å². The van der Waals surface area contributed by atoms with Crippen LogP contribution in [0.25, 0.3) is 0 Å². The van der Waals surface area contributed by atoms with Gasteiger partial charge in [0.1, 0.15) is 0 Å². The quantitative estimate of drug-likeness (QED) is 0.363. The molecule has 0 saturated heterocycles. The van der Waals surface area contributed by atoms with Crippen molar-refractivity contribution in [2.24, 2.45) is 5.41 Å². The molecule has 0 aromatic carbocycles. The van der Waals surface area contributed by atoms with Gasteiger partial charge >= 0.3 is 0 Å². The van der Waals surface area contributed by atoms with Gasteiger partial charge < -0.3 is 5.11 Å². The molecule has 0 aromatic rings. The van der Waals surface area contributed by atoms with Crippen molar-refractivity contribution in [1.29, 1.82) is 0 Å². The Balaban J connectivity index is 0. The van der Waals surface area contributed by atoms with E-state index >= 15 is 0 Å². The van der Waals surface area contributed by atoms with Crippen LogP contribution in [0.2, 0.25) is 0 Å². The first-order valence-electron chi connectivity index (χ1n) is 2.83. The van der Waals surface area contributed by atoms with E-state index in [9.17, 15) is 4.79 Å². The standard InChI is InChI=1S/C7H12O2.K/c1-7(2,3)6(9)4-5-8;/h4-5,8H,1-3H3;. The summed E-state index contributed by atoms with van der Waals surface area (Å²) in [5.41, 5.74) is -0.376. The third kappa shape index (κ3) is 5.62. The van der Waals surface area contributed by atoms with Crippen molar-refractivity contribution < 1.29 is 9.90 Å². The number of rotatable bonds is 1. The van der Waals surface area contributed by atoms with Crippen molar-refractivity contribution in [2.75, 3.05) is 0 Å². The second-order valence-corrected chi connectivity index (χ2v) is 2.93. The van der Waals surface area contributed by atoms with Crippen molar-refractivity contribution >= 4 is 57.2 Å². The van der Waals surface area contributed by atoms with Crippen LogP contribution in [0.1, 0.15) is 20.8 Å². The minimum Gasteiger partial charge on any atom is -0.515 e. The van der Waals surface area contributed by atoms with E-state index in [4.69, 9.17) is 5.11 Å². The van der Waals surface area contributed by atoms with E-state index in [0.717, 1.165) is 6.26 Å². The Kier molecular flexibility index (Phi) is 7.38. The summed E-state index contributed by atoms with van der Waals surface area (Å²) >= 11 is 0. The Morgan fingerprint density at radius 1 is 1.40 bits per heavy atom. The van der Waals surface area contributed by atoms with Crippen molar-refractivity contribution in [1.82, 2.24) is 0 Å². The van der Waals surface area contributed by atoms with Crippen LogP contribution >= 0.6 is 0 Å². The Morgan fingerprint density at radius 3 is 1.90 bits per heavy atom. The molecule has 1 N–H and O–H groups in total. The Bertz CT molecular complexity index is 133. The molecule has 0 spiro atoms. The fourth-order valence-electron chi connectivity index (χ4n) is 0.318. The Hall–Kier alpha value is 0.846. The van der Waals surface area contributed by atoms with Crippen molar-refractivity contribution in [3.63, 3.8) is 0 Å². The van der Waals surface area contributed by atoms with Crippen molar-refractivity contribution in [3.05, 3.63) is 12.3 Å². The number of carbonyl (C=O) groups is 1. The van der Waals surface area contributed by atoms with Gasteiger partial charge in [-0.1, -0.05) is 20.8 Å². The fourth-order valence-corrected chi connectivity index (χ4v) is 0.318. The number of ketones is 1. The monoisotopic (exact) mass is 167 g/mol. The first-order chi connectivity index (χ1) is 3.98. The maximum atomic E-state index is 10.8. The largest absolute Gasteiger partial charge is 0.515 e. The van der Waals surface area contributed by atoms with Crippen LogP contribution in [0.3, 0.4) is 0 Å². The van der Waals surface area contributed by atoms with E-state index in [-0.39, 0.29) is 62.6 Å². The van der Waals surface area contributed by atoms with E-state index in [2.05, 4.69) is 0 Å². The van der Waals surface area contributed by atoms with Gasteiger partial charge in [-0.15, -0.1) is 0 Å². The number of aliphatic hydroxyl groups is 1. The minimum atomic E-state index is -0.376. The molecule has 0 heterocycles. The average Bonchev–Trinajstić information content (AvgIpc) is 1.64. The molecule has 10 heavy (non-hydrogen) atoms. The maximum absolute atomic E-state index is 10.8. The van der Waals surface area contributed by atoms with Gasteiger partial charge in [0.15, 0.2) is 5.78 Å². The van der Waals surface area contributed by atoms with Crippen LogP contribution in [0.15, 0.2) is 12.3 Å². The molecule has 0 amide bonds. The number of allylic oxidation sites excluding steroid dienone is 1. The summed E-state index contributed by atoms with van der Waals surface area (Å²) in [7, 11) is 0.